The van der Waals surface area contributed by atoms with Gasteiger partial charge in [-0.2, -0.15) is 0 Å². The minimum absolute atomic E-state index is 0.0598. The molecule has 0 amide bonds. The van der Waals surface area contributed by atoms with E-state index >= 15 is 0 Å². The summed E-state index contributed by atoms with van der Waals surface area (Å²) in [5.41, 5.74) is 0.131. The maximum absolute atomic E-state index is 12.9. The van der Waals surface area contributed by atoms with Gasteiger partial charge in [0, 0.05) is 0 Å². The van der Waals surface area contributed by atoms with E-state index in [1.54, 1.807) is 30.3 Å². The Hall–Kier alpha value is -2.95. The van der Waals surface area contributed by atoms with Gasteiger partial charge in [0.2, 0.25) is 0 Å². The van der Waals surface area contributed by atoms with Crippen LogP contribution in [0.3, 0.4) is 0 Å². The summed E-state index contributed by atoms with van der Waals surface area (Å²) in [4.78, 5) is -0.298. The molecule has 3 rings (SSSR count). The van der Waals surface area contributed by atoms with E-state index in [9.17, 15) is 16.8 Å². The van der Waals surface area contributed by atoms with Gasteiger partial charge in [0.15, 0.2) is 0 Å². The van der Waals surface area contributed by atoms with Gasteiger partial charge in [0.25, 0.3) is 20.0 Å². The van der Waals surface area contributed by atoms with Crippen LogP contribution in [0.5, 0.6) is 11.5 Å². The van der Waals surface area contributed by atoms with Gasteiger partial charge in [0.1, 0.15) is 16.4 Å². The number of nitrogens with one attached hydrogen (secondary N) is 2. The topological polar surface area (TPSA) is 111 Å². The number of anilines is 2. The zero-order valence-corrected chi connectivity index (χ0v) is 18.9. The summed E-state index contributed by atoms with van der Waals surface area (Å²) >= 11 is 6.03. The minimum Gasteiger partial charge on any atom is -0.495 e. The molecule has 0 unspecified atom stereocenters. The maximum Gasteiger partial charge on any atom is 0.265 e. The summed E-state index contributed by atoms with van der Waals surface area (Å²) in [6.45, 7) is 0. The highest BCUT2D eigenvalue weighted by Gasteiger charge is 2.23. The molecule has 164 valence electrons. The first kappa shape index (κ1) is 22.7. The zero-order valence-electron chi connectivity index (χ0n) is 16.5. The molecule has 3 aromatic rings. The van der Waals surface area contributed by atoms with Crippen LogP contribution >= 0.6 is 11.6 Å². The predicted molar refractivity (Wildman–Crippen MR) is 119 cm³/mol. The van der Waals surface area contributed by atoms with Gasteiger partial charge in [-0.1, -0.05) is 35.9 Å². The monoisotopic (exact) mass is 482 g/mol. The summed E-state index contributed by atoms with van der Waals surface area (Å²) in [5.74, 6) is 0.272. The van der Waals surface area contributed by atoms with Crippen LogP contribution in [0.4, 0.5) is 11.4 Å². The highest BCUT2D eigenvalue weighted by molar-refractivity contribution is 7.93. The predicted octanol–water partition coefficient (Wildman–Crippen LogP) is 3.96. The highest BCUT2D eigenvalue weighted by atomic mass is 35.5. The van der Waals surface area contributed by atoms with E-state index in [4.69, 9.17) is 21.1 Å². The Morgan fingerprint density at radius 1 is 0.710 bits per heavy atom. The normalized spacial score (nSPS) is 11.6. The van der Waals surface area contributed by atoms with E-state index in [0.29, 0.717) is 0 Å². The number of benzene rings is 3. The first-order valence-electron chi connectivity index (χ1n) is 8.79. The summed E-state index contributed by atoms with van der Waals surface area (Å²) in [7, 11) is -5.48. The largest absolute Gasteiger partial charge is 0.495 e. The fourth-order valence-electron chi connectivity index (χ4n) is 2.72. The molecular formula is C20H19ClN2O6S2. The van der Waals surface area contributed by atoms with E-state index in [1.165, 1.54) is 44.6 Å². The SMILES string of the molecule is COc1ccc(S(=O)(=O)Nc2ccccc2Cl)cc1NS(=O)(=O)c1ccccc1OC. The van der Waals surface area contributed by atoms with Gasteiger partial charge in [-0.15, -0.1) is 0 Å². The highest BCUT2D eigenvalue weighted by Crippen LogP contribution is 2.33. The number of hydrogen-bond acceptors (Lipinski definition) is 6. The van der Waals surface area contributed by atoms with Gasteiger partial charge in [0.05, 0.1) is 35.5 Å². The molecule has 2 N–H and O–H groups in total. The first-order valence-corrected chi connectivity index (χ1v) is 12.1. The molecule has 0 aliphatic heterocycles. The number of methoxy groups -OCH3 is 2. The van der Waals surface area contributed by atoms with E-state index in [2.05, 4.69) is 9.44 Å². The fraction of sp³-hybridized carbons (Fsp3) is 0.100. The molecule has 0 saturated heterocycles. The number of hydrogen-bond donors (Lipinski definition) is 2. The Labute approximate surface area is 185 Å². The van der Waals surface area contributed by atoms with Crippen molar-refractivity contribution in [2.24, 2.45) is 0 Å². The molecule has 0 aliphatic rings. The lowest BCUT2D eigenvalue weighted by molar-refractivity contribution is 0.403. The number of para-hydroxylation sites is 2. The number of ether oxygens (including phenoxy) is 2. The molecular weight excluding hydrogens is 464 g/mol. The molecule has 0 spiro atoms. The average molecular weight is 483 g/mol. The second-order valence-corrected chi connectivity index (χ2v) is 9.94. The van der Waals surface area contributed by atoms with Crippen molar-refractivity contribution in [3.8, 4) is 11.5 Å². The fourth-order valence-corrected chi connectivity index (χ4v) is 5.30. The van der Waals surface area contributed by atoms with Gasteiger partial charge >= 0.3 is 0 Å². The van der Waals surface area contributed by atoms with Crippen LogP contribution in [0.1, 0.15) is 0 Å². The van der Waals surface area contributed by atoms with Crippen LogP contribution in [0, 0.1) is 0 Å². The van der Waals surface area contributed by atoms with E-state index in [1.807, 2.05) is 0 Å². The molecule has 3 aromatic carbocycles. The van der Waals surface area contributed by atoms with Crippen molar-refractivity contribution in [1.82, 2.24) is 0 Å². The standard InChI is InChI=1S/C20H19ClN2O6S2/c1-28-18-12-11-14(30(24,25)22-16-8-4-3-7-15(16)21)13-17(18)23-31(26,27)20-10-6-5-9-19(20)29-2/h3-13,22-23H,1-2H3. The maximum atomic E-state index is 12.9. The molecule has 0 heterocycles. The van der Waals surface area contributed by atoms with E-state index in [-0.39, 0.29) is 37.7 Å². The molecule has 0 aromatic heterocycles. The van der Waals surface area contributed by atoms with Crippen molar-refractivity contribution in [1.29, 1.82) is 0 Å². The van der Waals surface area contributed by atoms with Crippen molar-refractivity contribution in [3.05, 3.63) is 71.8 Å². The molecule has 31 heavy (non-hydrogen) atoms. The quantitative estimate of drug-likeness (QED) is 0.502. The second-order valence-electron chi connectivity index (χ2n) is 6.20. The van der Waals surface area contributed by atoms with Gasteiger partial charge < -0.3 is 9.47 Å². The van der Waals surface area contributed by atoms with Gasteiger partial charge in [-0.3, -0.25) is 9.44 Å². The average Bonchev–Trinajstić information content (AvgIpc) is 2.75. The third-order valence-corrected chi connectivity index (χ3v) is 7.30. The van der Waals surface area contributed by atoms with Crippen molar-refractivity contribution in [2.45, 2.75) is 9.79 Å². The summed E-state index contributed by atoms with van der Waals surface area (Å²) in [6.07, 6.45) is 0. The lowest BCUT2D eigenvalue weighted by atomic mass is 10.3. The van der Waals surface area contributed by atoms with Crippen LogP contribution in [-0.4, -0.2) is 31.1 Å². The van der Waals surface area contributed by atoms with Crippen molar-refractivity contribution in [2.75, 3.05) is 23.7 Å². The van der Waals surface area contributed by atoms with Gasteiger partial charge in [-0.25, -0.2) is 16.8 Å². The second kappa shape index (κ2) is 9.04. The van der Waals surface area contributed by atoms with Crippen molar-refractivity contribution < 1.29 is 26.3 Å². The Bertz CT molecular complexity index is 1310. The Morgan fingerprint density at radius 2 is 1.32 bits per heavy atom. The third kappa shape index (κ3) is 5.04. The summed E-state index contributed by atoms with van der Waals surface area (Å²) in [5, 5.41) is 0.219. The molecule has 0 saturated carbocycles. The zero-order chi connectivity index (χ0) is 22.6. The van der Waals surface area contributed by atoms with E-state index < -0.39 is 20.0 Å². The minimum atomic E-state index is -4.11. The molecule has 0 bridgehead atoms. The van der Waals surface area contributed by atoms with Crippen LogP contribution < -0.4 is 18.9 Å². The molecule has 0 fully saturated rings. The third-order valence-electron chi connectivity index (χ3n) is 4.20. The van der Waals surface area contributed by atoms with E-state index in [0.717, 1.165) is 6.07 Å². The molecule has 8 nitrogen and oxygen atoms in total. The van der Waals surface area contributed by atoms with Crippen LogP contribution in [0.2, 0.25) is 5.02 Å². The number of rotatable bonds is 8. The van der Waals surface area contributed by atoms with Gasteiger partial charge in [-0.05, 0) is 42.5 Å². The van der Waals surface area contributed by atoms with Crippen LogP contribution in [0.15, 0.2) is 76.5 Å². The Balaban J connectivity index is 2.00. The Morgan fingerprint density at radius 3 is 2.00 bits per heavy atom. The lowest BCUT2D eigenvalue weighted by Crippen LogP contribution is -2.17. The Kier molecular flexibility index (Phi) is 6.63. The lowest BCUT2D eigenvalue weighted by Gasteiger charge is -2.15. The van der Waals surface area contributed by atoms with Crippen LogP contribution in [-0.2, 0) is 20.0 Å². The van der Waals surface area contributed by atoms with Crippen LogP contribution in [0.25, 0.3) is 0 Å². The summed E-state index contributed by atoms with van der Waals surface area (Å²) in [6, 6.07) is 16.2. The molecule has 11 heteroatoms. The number of sulfonamides is 2. The smallest absolute Gasteiger partial charge is 0.265 e. The number of halogens is 1. The summed E-state index contributed by atoms with van der Waals surface area (Å²) < 4.78 is 66.6. The molecule has 0 radical (unpaired) electrons. The van der Waals surface area contributed by atoms with Crippen molar-refractivity contribution >= 4 is 43.0 Å². The van der Waals surface area contributed by atoms with Crippen molar-refractivity contribution in [3.63, 3.8) is 0 Å². The molecule has 0 atom stereocenters. The molecule has 0 aliphatic carbocycles. The first-order chi connectivity index (χ1) is 14.7.